The Hall–Kier alpha value is -3.41. The highest BCUT2D eigenvalue weighted by Gasteiger charge is 2.49. The first kappa shape index (κ1) is 28.4. The molecule has 3 saturated heterocycles. The number of aryl methyl sites for hydroxylation is 1. The standard InChI is InChI=1S/C29H36FN9O3S/c1-27(40)7-4-10-38(15-27)25-34-22(35-26(36-25)41-16-29-9-5-11-39(29)14-17(30)12-29)23-33-24(42-37-23)28(2)8-3-6-19-20(28)18(13-31)21(32)43-19/h17,40H,3-12,14-16,32H2,1-2H3/t17-,27-,28?,29+/m1/s1. The zero-order valence-electron chi connectivity index (χ0n) is 24.5. The Kier molecular flexibility index (Phi) is 6.83. The molecule has 1 unspecified atom stereocenters. The van der Waals surface area contributed by atoms with Crippen LogP contribution >= 0.6 is 11.3 Å². The van der Waals surface area contributed by atoms with Gasteiger partial charge in [0.15, 0.2) is 0 Å². The summed E-state index contributed by atoms with van der Waals surface area (Å²) in [5, 5.41) is 25.4. The number of ether oxygens (including phenoxy) is 1. The van der Waals surface area contributed by atoms with E-state index in [1.54, 1.807) is 6.92 Å². The molecule has 0 amide bonds. The van der Waals surface area contributed by atoms with E-state index >= 15 is 0 Å². The highest BCUT2D eigenvalue weighted by atomic mass is 32.1. The predicted octanol–water partition coefficient (Wildman–Crippen LogP) is 3.39. The second kappa shape index (κ2) is 10.3. The predicted molar refractivity (Wildman–Crippen MR) is 157 cm³/mol. The summed E-state index contributed by atoms with van der Waals surface area (Å²) < 4.78 is 26.5. The van der Waals surface area contributed by atoms with E-state index in [9.17, 15) is 14.8 Å². The molecule has 228 valence electrons. The number of fused-ring (bicyclic) bond motifs is 2. The molecule has 12 nitrogen and oxygen atoms in total. The molecule has 3 N–H and O–H groups in total. The fraction of sp³-hybridized carbons (Fsp3) is 0.655. The first-order valence-corrected chi connectivity index (χ1v) is 15.8. The molecular formula is C29H36FN9O3S. The van der Waals surface area contributed by atoms with Gasteiger partial charge in [-0.25, -0.2) is 4.39 Å². The van der Waals surface area contributed by atoms with Gasteiger partial charge in [-0.15, -0.1) is 11.3 Å². The zero-order chi connectivity index (χ0) is 30.0. The summed E-state index contributed by atoms with van der Waals surface area (Å²) in [5.41, 5.74) is 5.60. The number of aliphatic hydroxyl groups is 1. The van der Waals surface area contributed by atoms with Gasteiger partial charge in [0, 0.05) is 36.5 Å². The largest absolute Gasteiger partial charge is 0.461 e. The second-order valence-corrected chi connectivity index (χ2v) is 14.1. The first-order valence-electron chi connectivity index (χ1n) is 15.0. The van der Waals surface area contributed by atoms with E-state index in [4.69, 9.17) is 25.0 Å². The van der Waals surface area contributed by atoms with Crippen molar-refractivity contribution in [2.45, 2.75) is 87.9 Å². The Morgan fingerprint density at radius 3 is 2.79 bits per heavy atom. The van der Waals surface area contributed by atoms with Crippen LogP contribution in [0, 0.1) is 11.3 Å². The van der Waals surface area contributed by atoms with E-state index in [0.29, 0.717) is 54.9 Å². The van der Waals surface area contributed by atoms with Crippen molar-refractivity contribution < 1.29 is 18.8 Å². The number of piperidine rings is 1. The number of halogens is 1. The lowest BCUT2D eigenvalue weighted by Crippen LogP contribution is -2.47. The topological polar surface area (TPSA) is 163 Å². The van der Waals surface area contributed by atoms with Gasteiger partial charge in [-0.05, 0) is 65.3 Å². The van der Waals surface area contributed by atoms with Crippen LogP contribution in [0.25, 0.3) is 11.6 Å². The van der Waals surface area contributed by atoms with Gasteiger partial charge in [-0.1, -0.05) is 5.16 Å². The Morgan fingerprint density at radius 2 is 1.98 bits per heavy atom. The number of aromatic nitrogens is 5. The summed E-state index contributed by atoms with van der Waals surface area (Å²) in [6, 6.07) is 2.37. The molecule has 0 spiro atoms. The number of rotatable bonds is 6. The van der Waals surface area contributed by atoms with E-state index in [1.165, 1.54) is 11.3 Å². The lowest BCUT2D eigenvalue weighted by Gasteiger charge is -2.36. The van der Waals surface area contributed by atoms with Crippen molar-refractivity contribution in [3.05, 3.63) is 21.9 Å². The molecule has 4 aliphatic rings. The fourth-order valence-electron chi connectivity index (χ4n) is 7.54. The van der Waals surface area contributed by atoms with Crippen LogP contribution in [-0.4, -0.2) is 85.2 Å². The molecule has 3 aromatic rings. The van der Waals surface area contributed by atoms with Crippen LogP contribution in [0.4, 0.5) is 15.3 Å². The minimum Gasteiger partial charge on any atom is -0.461 e. The van der Waals surface area contributed by atoms with Gasteiger partial charge in [0.25, 0.3) is 0 Å². The minimum atomic E-state index is -0.886. The number of hydrogen-bond donors (Lipinski definition) is 2. The maximum absolute atomic E-state index is 14.4. The van der Waals surface area contributed by atoms with E-state index in [0.717, 1.165) is 55.5 Å². The van der Waals surface area contributed by atoms with E-state index < -0.39 is 17.2 Å². The fourth-order valence-corrected chi connectivity index (χ4v) is 8.73. The Bertz CT molecular complexity index is 1590. The number of alkyl halides is 1. The molecule has 14 heteroatoms. The van der Waals surface area contributed by atoms with Crippen LogP contribution in [0.2, 0.25) is 0 Å². The number of nitrogens with two attached hydrogens (primary N) is 1. The van der Waals surface area contributed by atoms with Crippen molar-refractivity contribution in [2.24, 2.45) is 0 Å². The third-order valence-corrected chi connectivity index (χ3v) is 10.7. The molecule has 3 fully saturated rings. The zero-order valence-corrected chi connectivity index (χ0v) is 25.3. The van der Waals surface area contributed by atoms with Crippen LogP contribution in [0.3, 0.4) is 0 Å². The lowest BCUT2D eigenvalue weighted by molar-refractivity contribution is 0.0443. The van der Waals surface area contributed by atoms with Crippen molar-refractivity contribution >= 4 is 22.3 Å². The number of thiophene rings is 1. The van der Waals surface area contributed by atoms with Gasteiger partial charge in [-0.2, -0.15) is 25.2 Å². The van der Waals surface area contributed by atoms with Crippen LogP contribution in [0.15, 0.2) is 4.52 Å². The van der Waals surface area contributed by atoms with E-state index in [1.807, 2.05) is 11.8 Å². The Labute approximate surface area is 253 Å². The number of nitrogens with zero attached hydrogens (tertiary/aromatic N) is 8. The average Bonchev–Trinajstić information content (AvgIpc) is 3.74. The number of nitriles is 1. The maximum atomic E-state index is 14.4. The molecule has 0 radical (unpaired) electrons. The third-order valence-electron chi connectivity index (χ3n) is 9.64. The second-order valence-electron chi connectivity index (χ2n) is 13.0. The Morgan fingerprint density at radius 1 is 1.14 bits per heavy atom. The highest BCUT2D eigenvalue weighted by Crippen LogP contribution is 2.48. The van der Waals surface area contributed by atoms with Crippen LogP contribution in [0.1, 0.15) is 80.7 Å². The van der Waals surface area contributed by atoms with E-state index in [2.05, 4.69) is 26.1 Å². The molecule has 0 saturated carbocycles. The summed E-state index contributed by atoms with van der Waals surface area (Å²) >= 11 is 1.45. The van der Waals surface area contributed by atoms with Crippen molar-refractivity contribution in [3.8, 4) is 23.7 Å². The molecule has 4 atom stereocenters. The van der Waals surface area contributed by atoms with Gasteiger partial charge in [0.2, 0.25) is 23.5 Å². The van der Waals surface area contributed by atoms with Gasteiger partial charge in [0.05, 0.1) is 22.1 Å². The molecule has 3 aliphatic heterocycles. The van der Waals surface area contributed by atoms with Crippen molar-refractivity contribution in [1.29, 1.82) is 5.26 Å². The maximum Gasteiger partial charge on any atom is 0.321 e. The van der Waals surface area contributed by atoms with Gasteiger partial charge < -0.3 is 25.0 Å². The average molecular weight is 610 g/mol. The van der Waals surface area contributed by atoms with Crippen molar-refractivity contribution in [3.63, 3.8) is 0 Å². The van der Waals surface area contributed by atoms with Gasteiger partial charge in [0.1, 0.15) is 23.8 Å². The molecule has 0 aromatic carbocycles. The minimum absolute atomic E-state index is 0.101. The number of nitrogen functional groups attached to an aromatic ring is 1. The molecular weight excluding hydrogens is 573 g/mol. The summed E-state index contributed by atoms with van der Waals surface area (Å²) in [6.07, 6.45) is 5.35. The summed E-state index contributed by atoms with van der Waals surface area (Å²) in [4.78, 5) is 23.8. The Balaban J connectivity index is 1.24. The molecule has 3 aromatic heterocycles. The normalized spacial score (nSPS) is 30.7. The molecule has 1 aliphatic carbocycles. The highest BCUT2D eigenvalue weighted by molar-refractivity contribution is 7.16. The van der Waals surface area contributed by atoms with Gasteiger partial charge in [-0.3, -0.25) is 4.90 Å². The van der Waals surface area contributed by atoms with E-state index in [-0.39, 0.29) is 29.8 Å². The number of β-amino-alcohol motifs (C(OH)–C–C–N with tert-alkyl or cyclic N) is 1. The smallest absolute Gasteiger partial charge is 0.321 e. The summed E-state index contributed by atoms with van der Waals surface area (Å²) in [7, 11) is 0. The quantitative estimate of drug-likeness (QED) is 0.419. The molecule has 6 heterocycles. The number of anilines is 2. The molecule has 7 rings (SSSR count). The van der Waals surface area contributed by atoms with Crippen LogP contribution < -0.4 is 15.4 Å². The van der Waals surface area contributed by atoms with Crippen LogP contribution in [-0.2, 0) is 11.8 Å². The SMILES string of the molecule is CC1(c2nc(-c3nc(OC[C@@]45CCCN4C[C@H](F)C5)nc(N4CCC[C@@](C)(O)C4)n3)no2)CCCc2sc(N)c(C#N)c21. The lowest BCUT2D eigenvalue weighted by atomic mass is 9.72. The molecule has 0 bridgehead atoms. The van der Waals surface area contributed by atoms with Crippen molar-refractivity contribution in [2.75, 3.05) is 43.4 Å². The van der Waals surface area contributed by atoms with Crippen LogP contribution in [0.5, 0.6) is 6.01 Å². The summed E-state index contributed by atoms with van der Waals surface area (Å²) in [6.45, 7) is 6.37. The van der Waals surface area contributed by atoms with Gasteiger partial charge >= 0.3 is 6.01 Å². The molecule has 43 heavy (non-hydrogen) atoms. The monoisotopic (exact) mass is 609 g/mol. The van der Waals surface area contributed by atoms with Crippen molar-refractivity contribution in [1.82, 2.24) is 30.0 Å². The third kappa shape index (κ3) is 4.91. The summed E-state index contributed by atoms with van der Waals surface area (Å²) in [5.74, 6) is 1.07. The number of hydrogen-bond acceptors (Lipinski definition) is 13. The first-order chi connectivity index (χ1) is 20.6.